The Balaban J connectivity index is 1.34. The molecule has 1 aliphatic heterocycles. The quantitative estimate of drug-likeness (QED) is 0.327. The van der Waals surface area contributed by atoms with Gasteiger partial charge in [-0.3, -0.25) is 9.88 Å². The van der Waals surface area contributed by atoms with Crippen LogP contribution in [0.25, 0.3) is 5.65 Å². The summed E-state index contributed by atoms with van der Waals surface area (Å²) in [5, 5.41) is 7.91. The minimum atomic E-state index is -4.32. The Morgan fingerprint density at radius 2 is 1.91 bits per heavy atom. The molecule has 1 unspecified atom stereocenters. The van der Waals surface area contributed by atoms with Crippen molar-refractivity contribution in [1.82, 2.24) is 24.5 Å². The van der Waals surface area contributed by atoms with Crippen molar-refractivity contribution < 1.29 is 13.2 Å². The second-order valence-electron chi connectivity index (χ2n) is 8.78. The fourth-order valence-electron chi connectivity index (χ4n) is 4.48. The van der Waals surface area contributed by atoms with Gasteiger partial charge in [0, 0.05) is 44.0 Å². The summed E-state index contributed by atoms with van der Waals surface area (Å²) in [5.41, 5.74) is 3.04. The van der Waals surface area contributed by atoms with Crippen molar-refractivity contribution in [2.45, 2.75) is 38.0 Å². The topological polar surface area (TPSA) is 58.4 Å². The lowest BCUT2D eigenvalue weighted by molar-refractivity contribution is -0.137. The number of nitrogens with one attached hydrogen (secondary N) is 1. The van der Waals surface area contributed by atoms with Gasteiger partial charge in [0.05, 0.1) is 21.9 Å². The maximum absolute atomic E-state index is 12.9. The van der Waals surface area contributed by atoms with Crippen LogP contribution in [0.4, 0.5) is 19.0 Å². The van der Waals surface area contributed by atoms with E-state index in [0.717, 1.165) is 70.8 Å². The summed E-state index contributed by atoms with van der Waals surface area (Å²) in [7, 11) is 0. The number of anilines is 1. The van der Waals surface area contributed by atoms with E-state index in [1.165, 1.54) is 0 Å². The highest BCUT2D eigenvalue weighted by atomic mass is 79.9. The molecule has 1 fully saturated rings. The molecule has 10 heteroatoms. The summed E-state index contributed by atoms with van der Waals surface area (Å²) in [6.45, 7) is 2.91. The van der Waals surface area contributed by atoms with Gasteiger partial charge in [0.15, 0.2) is 5.65 Å². The lowest BCUT2D eigenvalue weighted by Gasteiger charge is -2.32. The van der Waals surface area contributed by atoms with Crippen molar-refractivity contribution in [1.29, 1.82) is 0 Å². The molecule has 1 atom stereocenters. The highest BCUT2D eigenvalue weighted by Gasteiger charge is 2.30. The maximum atomic E-state index is 12.9. The monoisotopic (exact) mass is 544 g/mol. The summed E-state index contributed by atoms with van der Waals surface area (Å²) in [6, 6.07) is 11.4. The van der Waals surface area contributed by atoms with Crippen LogP contribution < -0.4 is 5.32 Å². The molecule has 1 N–H and O–H groups in total. The Bertz CT molecular complexity index is 1290. The number of nitrogens with zero attached hydrogens (tertiary/aromatic N) is 5. The van der Waals surface area contributed by atoms with Crippen LogP contribution in [0.15, 0.2) is 65.5 Å². The number of alkyl halides is 3. The molecule has 6 nitrogen and oxygen atoms in total. The van der Waals surface area contributed by atoms with Gasteiger partial charge in [0.25, 0.3) is 0 Å². The molecule has 3 aromatic heterocycles. The fraction of sp³-hybridized carbons (Fsp3) is 0.320. The van der Waals surface area contributed by atoms with E-state index in [-0.39, 0.29) is 5.92 Å². The zero-order valence-electron chi connectivity index (χ0n) is 18.8. The summed E-state index contributed by atoms with van der Waals surface area (Å²) < 4.78 is 41.3. The maximum Gasteiger partial charge on any atom is 0.416 e. The molecule has 0 aliphatic carbocycles. The lowest BCUT2D eigenvalue weighted by atomic mass is 9.94. The van der Waals surface area contributed by atoms with E-state index in [0.29, 0.717) is 13.1 Å². The van der Waals surface area contributed by atoms with Crippen LogP contribution in [-0.2, 0) is 19.3 Å². The third kappa shape index (κ3) is 5.48. The van der Waals surface area contributed by atoms with Crippen molar-refractivity contribution in [3.8, 4) is 0 Å². The number of hydrogen-bond acceptors (Lipinski definition) is 5. The average molecular weight is 545 g/mol. The van der Waals surface area contributed by atoms with Crippen LogP contribution >= 0.6 is 15.9 Å². The van der Waals surface area contributed by atoms with Gasteiger partial charge in [0.2, 0.25) is 0 Å². The Morgan fingerprint density at radius 1 is 1.09 bits per heavy atom. The smallest absolute Gasteiger partial charge is 0.366 e. The van der Waals surface area contributed by atoms with E-state index in [1.54, 1.807) is 29.0 Å². The molecule has 5 rings (SSSR count). The number of benzene rings is 1. The van der Waals surface area contributed by atoms with Crippen molar-refractivity contribution in [3.63, 3.8) is 0 Å². The van der Waals surface area contributed by atoms with Crippen LogP contribution in [0.5, 0.6) is 0 Å². The molecule has 4 aromatic rings. The number of rotatable bonds is 6. The van der Waals surface area contributed by atoms with Gasteiger partial charge in [0.1, 0.15) is 5.82 Å². The van der Waals surface area contributed by atoms with E-state index in [4.69, 9.17) is 4.98 Å². The number of fused-ring (bicyclic) bond motifs is 1. The molecule has 0 saturated carbocycles. The number of piperidine rings is 1. The van der Waals surface area contributed by atoms with Gasteiger partial charge >= 0.3 is 6.18 Å². The average Bonchev–Trinajstić information content (AvgIpc) is 3.24. The molecule has 0 spiro atoms. The molecular weight excluding hydrogens is 521 g/mol. The molecule has 1 aromatic carbocycles. The molecule has 4 heterocycles. The largest absolute Gasteiger partial charge is 0.416 e. The zero-order chi connectivity index (χ0) is 24.4. The van der Waals surface area contributed by atoms with Crippen molar-refractivity contribution >= 4 is 27.4 Å². The Morgan fingerprint density at radius 3 is 2.66 bits per heavy atom. The number of hydrogen-bond donors (Lipinski definition) is 1. The SMILES string of the molecule is FC(F)(F)c1ccc(CN2CCCC(c3cc(NCc4cccnc4)n4ncc(Br)c4n3)C2)cc1. The normalized spacial score (nSPS) is 17.1. The number of pyridine rings is 1. The third-order valence-corrected chi connectivity index (χ3v) is 6.82. The molecule has 35 heavy (non-hydrogen) atoms. The lowest BCUT2D eigenvalue weighted by Crippen LogP contribution is -2.34. The molecule has 182 valence electrons. The van der Waals surface area contributed by atoms with E-state index in [2.05, 4.69) is 42.3 Å². The van der Waals surface area contributed by atoms with Crippen LogP contribution in [0.3, 0.4) is 0 Å². The Labute approximate surface area is 209 Å². The van der Waals surface area contributed by atoms with Gasteiger partial charge in [-0.15, -0.1) is 0 Å². The number of halogens is 4. The van der Waals surface area contributed by atoms with Gasteiger partial charge < -0.3 is 5.32 Å². The molecule has 0 radical (unpaired) electrons. The second-order valence-corrected chi connectivity index (χ2v) is 9.63. The van der Waals surface area contributed by atoms with Gasteiger partial charge in [-0.1, -0.05) is 18.2 Å². The molecule has 1 saturated heterocycles. The molecule has 0 amide bonds. The van der Waals surface area contributed by atoms with Gasteiger partial charge in [-0.2, -0.15) is 22.8 Å². The number of likely N-dealkylation sites (tertiary alicyclic amines) is 1. The summed E-state index contributed by atoms with van der Waals surface area (Å²) in [4.78, 5) is 11.4. The van der Waals surface area contributed by atoms with E-state index in [1.807, 2.05) is 18.3 Å². The first-order chi connectivity index (χ1) is 16.9. The van der Waals surface area contributed by atoms with Crippen LogP contribution in [-0.4, -0.2) is 37.6 Å². The number of aromatic nitrogens is 4. The first kappa shape index (κ1) is 23.7. The Hall–Kier alpha value is -2.98. The van der Waals surface area contributed by atoms with Crippen molar-refractivity contribution in [2.75, 3.05) is 18.4 Å². The van der Waals surface area contributed by atoms with E-state index in [9.17, 15) is 13.2 Å². The summed E-state index contributed by atoms with van der Waals surface area (Å²) >= 11 is 3.56. The van der Waals surface area contributed by atoms with Crippen LogP contribution in [0.2, 0.25) is 0 Å². The van der Waals surface area contributed by atoms with Crippen molar-refractivity contribution in [3.05, 3.63) is 87.9 Å². The second kappa shape index (κ2) is 9.94. The first-order valence-corrected chi connectivity index (χ1v) is 12.2. The van der Waals surface area contributed by atoms with Crippen LogP contribution in [0, 0.1) is 0 Å². The first-order valence-electron chi connectivity index (χ1n) is 11.4. The fourth-order valence-corrected chi connectivity index (χ4v) is 4.83. The summed E-state index contributed by atoms with van der Waals surface area (Å²) in [5.74, 6) is 1.06. The predicted molar refractivity (Wildman–Crippen MR) is 131 cm³/mol. The zero-order valence-corrected chi connectivity index (χ0v) is 20.4. The third-order valence-electron chi connectivity index (χ3n) is 6.26. The van der Waals surface area contributed by atoms with Gasteiger partial charge in [-0.05, 0) is 64.6 Å². The Kier molecular flexibility index (Phi) is 6.75. The minimum absolute atomic E-state index is 0.212. The van der Waals surface area contributed by atoms with Gasteiger partial charge in [-0.25, -0.2) is 4.98 Å². The molecule has 0 bridgehead atoms. The summed E-state index contributed by atoms with van der Waals surface area (Å²) in [6.07, 6.45) is 2.99. The molecule has 1 aliphatic rings. The van der Waals surface area contributed by atoms with E-state index >= 15 is 0 Å². The van der Waals surface area contributed by atoms with E-state index < -0.39 is 11.7 Å². The highest BCUT2D eigenvalue weighted by molar-refractivity contribution is 9.10. The standard InChI is InChI=1S/C25H24BrF3N6/c26-21-14-32-35-23(31-13-18-3-1-9-30-12-18)11-22(33-24(21)35)19-4-2-10-34(16-19)15-17-5-7-20(8-6-17)25(27,28)29/h1,3,5-9,11-12,14,19,31H,2,4,10,13,15-16H2. The molecular formula is C25H24BrF3N6. The minimum Gasteiger partial charge on any atom is -0.366 e. The highest BCUT2D eigenvalue weighted by Crippen LogP contribution is 2.32. The van der Waals surface area contributed by atoms with Crippen LogP contribution in [0.1, 0.15) is 41.1 Å². The van der Waals surface area contributed by atoms with Crippen molar-refractivity contribution in [2.24, 2.45) is 0 Å². The predicted octanol–water partition coefficient (Wildman–Crippen LogP) is 5.90.